The average Bonchev–Trinajstić information content (AvgIpc) is 2.28. The minimum absolute atomic E-state index is 0. The van der Waals surface area contributed by atoms with Crippen LogP contribution in [0.25, 0.3) is 0 Å². The summed E-state index contributed by atoms with van der Waals surface area (Å²) >= 11 is 0. The van der Waals surface area contributed by atoms with Crippen LogP contribution in [0.5, 0.6) is 0 Å². The molecule has 0 unspecified atom stereocenters. The van der Waals surface area contributed by atoms with E-state index in [9.17, 15) is 12.8 Å². The quantitative estimate of drug-likeness (QED) is 0.856. The van der Waals surface area contributed by atoms with Gasteiger partial charge in [-0.25, -0.2) is 17.5 Å². The molecule has 0 bridgehead atoms. The molecule has 100 valence electrons. The van der Waals surface area contributed by atoms with E-state index < -0.39 is 21.9 Å². The fourth-order valence-corrected chi connectivity index (χ4v) is 2.42. The molecule has 0 radical (unpaired) electrons. The molecule has 0 amide bonds. The number of rotatable bonds is 4. The fourth-order valence-electron chi connectivity index (χ4n) is 1.14. The van der Waals surface area contributed by atoms with Crippen LogP contribution in [-0.2, 0) is 10.0 Å². The lowest BCUT2D eigenvalue weighted by Gasteiger charge is -2.12. The topological polar surface area (TPSA) is 96.0 Å². The second-order valence-corrected chi connectivity index (χ2v) is 5.23. The van der Waals surface area contributed by atoms with E-state index in [0.29, 0.717) is 0 Å². The molecule has 0 aliphatic carbocycles. The van der Waals surface area contributed by atoms with E-state index in [1.165, 1.54) is 0 Å². The van der Waals surface area contributed by atoms with E-state index in [2.05, 4.69) is 4.72 Å². The van der Waals surface area contributed by atoms with Crippen LogP contribution in [0.3, 0.4) is 0 Å². The Labute approximate surface area is 111 Å². The molecule has 0 heterocycles. The van der Waals surface area contributed by atoms with Gasteiger partial charge >= 0.3 is 0 Å². The van der Waals surface area contributed by atoms with Gasteiger partial charge in [0.1, 0.15) is 11.9 Å². The SMILES string of the molecule is C[C@@H](CN)NS(=O)(=O)c1ccc(F)c(C#N)c1.Cl. The highest BCUT2D eigenvalue weighted by Crippen LogP contribution is 2.14. The summed E-state index contributed by atoms with van der Waals surface area (Å²) in [4.78, 5) is -0.157. The van der Waals surface area contributed by atoms with Gasteiger partial charge in [-0.2, -0.15) is 5.26 Å². The average molecular weight is 294 g/mol. The first-order valence-corrected chi connectivity index (χ1v) is 6.31. The fraction of sp³-hybridized carbons (Fsp3) is 0.300. The normalized spacial score (nSPS) is 12.3. The van der Waals surface area contributed by atoms with Crippen molar-refractivity contribution in [2.45, 2.75) is 17.9 Å². The van der Waals surface area contributed by atoms with Crippen LogP contribution in [0.4, 0.5) is 4.39 Å². The van der Waals surface area contributed by atoms with Gasteiger partial charge in [-0.05, 0) is 25.1 Å². The summed E-state index contributed by atoms with van der Waals surface area (Å²) in [6, 6.07) is 4.18. The lowest BCUT2D eigenvalue weighted by molar-refractivity contribution is 0.562. The van der Waals surface area contributed by atoms with E-state index in [-0.39, 0.29) is 29.4 Å². The Bertz CT molecular complexity index is 557. The van der Waals surface area contributed by atoms with Crippen molar-refractivity contribution < 1.29 is 12.8 Å². The number of nitrogens with zero attached hydrogens (tertiary/aromatic N) is 1. The summed E-state index contributed by atoms with van der Waals surface area (Å²) in [5, 5.41) is 8.61. The highest BCUT2D eigenvalue weighted by molar-refractivity contribution is 7.89. The summed E-state index contributed by atoms with van der Waals surface area (Å²) in [7, 11) is -3.77. The molecule has 18 heavy (non-hydrogen) atoms. The first-order chi connectivity index (χ1) is 7.90. The smallest absolute Gasteiger partial charge is 0.240 e. The van der Waals surface area contributed by atoms with Crippen molar-refractivity contribution in [2.75, 3.05) is 6.54 Å². The van der Waals surface area contributed by atoms with Crippen LogP contribution in [-0.4, -0.2) is 21.0 Å². The summed E-state index contributed by atoms with van der Waals surface area (Å²) in [5.41, 5.74) is 4.99. The van der Waals surface area contributed by atoms with Gasteiger partial charge in [0.25, 0.3) is 0 Å². The van der Waals surface area contributed by atoms with E-state index >= 15 is 0 Å². The van der Waals surface area contributed by atoms with E-state index in [1.54, 1.807) is 13.0 Å². The van der Waals surface area contributed by atoms with Crippen LogP contribution < -0.4 is 10.5 Å². The molecular weight excluding hydrogens is 281 g/mol. The second-order valence-electron chi connectivity index (χ2n) is 3.51. The molecule has 0 aliphatic rings. The third-order valence-electron chi connectivity index (χ3n) is 2.08. The van der Waals surface area contributed by atoms with Gasteiger partial charge in [-0.1, -0.05) is 0 Å². The monoisotopic (exact) mass is 293 g/mol. The largest absolute Gasteiger partial charge is 0.329 e. The third-order valence-corrected chi connectivity index (χ3v) is 3.67. The molecule has 3 N–H and O–H groups in total. The standard InChI is InChI=1S/C10H12FN3O2S.ClH/c1-7(5-12)14-17(15,16)9-2-3-10(11)8(4-9)6-13;/h2-4,7,14H,5,12H2,1H3;1H/t7-;/m0./s1. The predicted molar refractivity (Wildman–Crippen MR) is 67.2 cm³/mol. The number of hydrogen-bond donors (Lipinski definition) is 2. The molecule has 1 aromatic carbocycles. The predicted octanol–water partition coefficient (Wildman–Crippen LogP) is 0.745. The van der Waals surface area contributed by atoms with Gasteiger partial charge < -0.3 is 5.73 Å². The van der Waals surface area contributed by atoms with E-state index in [0.717, 1.165) is 18.2 Å². The van der Waals surface area contributed by atoms with Crippen LogP contribution in [0.15, 0.2) is 23.1 Å². The van der Waals surface area contributed by atoms with Gasteiger partial charge in [-0.3, -0.25) is 0 Å². The van der Waals surface area contributed by atoms with Gasteiger partial charge in [0.2, 0.25) is 10.0 Å². The molecule has 0 saturated carbocycles. The Morgan fingerprint density at radius 2 is 2.17 bits per heavy atom. The van der Waals surface area contributed by atoms with Crippen LogP contribution in [0.2, 0.25) is 0 Å². The summed E-state index contributed by atoms with van der Waals surface area (Å²) in [6.45, 7) is 1.75. The molecule has 1 aromatic rings. The summed E-state index contributed by atoms with van der Waals surface area (Å²) in [6.07, 6.45) is 0. The highest BCUT2D eigenvalue weighted by Gasteiger charge is 2.18. The number of benzene rings is 1. The number of hydrogen-bond acceptors (Lipinski definition) is 4. The van der Waals surface area contributed by atoms with Crippen molar-refractivity contribution in [1.29, 1.82) is 5.26 Å². The molecule has 0 spiro atoms. The molecule has 0 saturated heterocycles. The molecule has 1 atom stereocenters. The van der Waals surface area contributed by atoms with Crippen molar-refractivity contribution in [3.05, 3.63) is 29.6 Å². The minimum Gasteiger partial charge on any atom is -0.329 e. The number of sulfonamides is 1. The lowest BCUT2D eigenvalue weighted by atomic mass is 10.2. The number of halogens is 2. The maximum atomic E-state index is 13.0. The van der Waals surface area contributed by atoms with Gasteiger partial charge in [0.15, 0.2) is 0 Å². The van der Waals surface area contributed by atoms with Gasteiger partial charge in [-0.15, -0.1) is 12.4 Å². The zero-order valence-corrected chi connectivity index (χ0v) is 11.2. The zero-order valence-electron chi connectivity index (χ0n) is 9.55. The third kappa shape index (κ3) is 3.92. The maximum Gasteiger partial charge on any atom is 0.240 e. The van der Waals surface area contributed by atoms with Crippen LogP contribution >= 0.6 is 12.4 Å². The maximum absolute atomic E-state index is 13.0. The number of nitrogens with two attached hydrogens (primary N) is 1. The minimum atomic E-state index is -3.77. The molecule has 8 heteroatoms. The van der Waals surface area contributed by atoms with Crippen LogP contribution in [0.1, 0.15) is 12.5 Å². The number of nitriles is 1. The summed E-state index contributed by atoms with van der Waals surface area (Å²) < 4.78 is 38.9. The summed E-state index contributed by atoms with van der Waals surface area (Å²) in [5.74, 6) is -0.752. The van der Waals surface area contributed by atoms with Gasteiger partial charge in [0.05, 0.1) is 10.5 Å². The zero-order chi connectivity index (χ0) is 13.1. The molecule has 5 nitrogen and oxygen atoms in total. The number of nitrogens with one attached hydrogen (secondary N) is 1. The molecule has 1 rings (SSSR count). The van der Waals surface area contributed by atoms with Gasteiger partial charge in [0, 0.05) is 12.6 Å². The van der Waals surface area contributed by atoms with E-state index in [1.807, 2.05) is 0 Å². The second kappa shape index (κ2) is 6.66. The van der Waals surface area contributed by atoms with Crippen molar-refractivity contribution >= 4 is 22.4 Å². The Balaban J connectivity index is 0.00000289. The Morgan fingerprint density at radius 3 is 2.67 bits per heavy atom. The van der Waals surface area contributed by atoms with Crippen molar-refractivity contribution in [3.8, 4) is 6.07 Å². The van der Waals surface area contributed by atoms with Crippen LogP contribution in [0, 0.1) is 17.1 Å². The van der Waals surface area contributed by atoms with E-state index in [4.69, 9.17) is 11.0 Å². The first kappa shape index (κ1) is 16.8. The Hall–Kier alpha value is -1.20. The first-order valence-electron chi connectivity index (χ1n) is 4.82. The molecule has 0 aromatic heterocycles. The Morgan fingerprint density at radius 1 is 1.56 bits per heavy atom. The van der Waals surface area contributed by atoms with Crippen molar-refractivity contribution in [1.82, 2.24) is 4.72 Å². The molecule has 0 aliphatic heterocycles. The molecular formula is C10H13ClFN3O2S. The Kier molecular flexibility index (Phi) is 6.21. The molecule has 0 fully saturated rings. The van der Waals surface area contributed by atoms with Crippen molar-refractivity contribution in [2.24, 2.45) is 5.73 Å². The highest BCUT2D eigenvalue weighted by atomic mass is 35.5. The lowest BCUT2D eigenvalue weighted by Crippen LogP contribution is -2.37. The van der Waals surface area contributed by atoms with Crippen molar-refractivity contribution in [3.63, 3.8) is 0 Å².